The van der Waals surface area contributed by atoms with Crippen LogP contribution < -0.4 is 0 Å². The maximum absolute atomic E-state index is 10.7. The fraction of sp³-hybridized carbons (Fsp3) is 0. The third-order valence-corrected chi connectivity index (χ3v) is 2.98. The van der Waals surface area contributed by atoms with E-state index in [2.05, 4.69) is 0 Å². The normalized spacial score (nSPS) is 10.4. The summed E-state index contributed by atoms with van der Waals surface area (Å²) in [7, 11) is 0. The summed E-state index contributed by atoms with van der Waals surface area (Å²) in [6, 6.07) is 9.27. The van der Waals surface area contributed by atoms with Gasteiger partial charge in [0.25, 0.3) is 0 Å². The highest BCUT2D eigenvalue weighted by atomic mass is 35.5. The summed E-state index contributed by atoms with van der Waals surface area (Å²) in [5.74, 6) is 0. The second-order valence-electron chi connectivity index (χ2n) is 2.93. The van der Waals surface area contributed by atoms with E-state index in [0.717, 1.165) is 10.8 Å². The van der Waals surface area contributed by atoms with E-state index in [4.69, 9.17) is 23.2 Å². The first-order chi connectivity index (χ1) is 6.74. The van der Waals surface area contributed by atoms with Crippen LogP contribution >= 0.6 is 23.2 Å². The lowest BCUT2D eigenvalue weighted by Crippen LogP contribution is -1.85. The summed E-state index contributed by atoms with van der Waals surface area (Å²) in [6.07, 6.45) is 0.709. The monoisotopic (exact) mass is 224 g/mol. The third kappa shape index (κ3) is 1.39. The van der Waals surface area contributed by atoms with E-state index in [1.165, 1.54) is 0 Å². The number of benzene rings is 2. The number of fused-ring (bicyclic) bond motifs is 1. The summed E-state index contributed by atoms with van der Waals surface area (Å²) < 4.78 is 0. The molecule has 0 aliphatic heterocycles. The van der Waals surface area contributed by atoms with Crippen LogP contribution in [-0.2, 0) is 0 Å². The minimum atomic E-state index is 0.320. The fourth-order valence-electron chi connectivity index (χ4n) is 1.38. The number of halogens is 2. The van der Waals surface area contributed by atoms with Gasteiger partial charge < -0.3 is 0 Å². The summed E-state index contributed by atoms with van der Waals surface area (Å²) in [6.45, 7) is 0. The SMILES string of the molecule is O=Cc1cc2ccccc2c(Cl)c1Cl. The van der Waals surface area contributed by atoms with E-state index in [9.17, 15) is 4.79 Å². The minimum Gasteiger partial charge on any atom is -0.298 e. The molecule has 0 amide bonds. The first kappa shape index (κ1) is 9.50. The van der Waals surface area contributed by atoms with Crippen molar-refractivity contribution in [3.63, 3.8) is 0 Å². The zero-order valence-electron chi connectivity index (χ0n) is 7.13. The van der Waals surface area contributed by atoms with Crippen molar-refractivity contribution in [1.29, 1.82) is 0 Å². The molecule has 0 N–H and O–H groups in total. The van der Waals surface area contributed by atoms with E-state index in [-0.39, 0.29) is 0 Å². The van der Waals surface area contributed by atoms with Crippen molar-refractivity contribution in [3.8, 4) is 0 Å². The molecule has 2 rings (SSSR count). The second kappa shape index (κ2) is 3.60. The van der Waals surface area contributed by atoms with Crippen molar-refractivity contribution in [2.75, 3.05) is 0 Å². The smallest absolute Gasteiger partial charge is 0.151 e. The Bertz CT molecular complexity index is 506. The van der Waals surface area contributed by atoms with Gasteiger partial charge in [-0.3, -0.25) is 4.79 Å². The van der Waals surface area contributed by atoms with Crippen molar-refractivity contribution in [2.24, 2.45) is 0 Å². The molecule has 0 aliphatic rings. The lowest BCUT2D eigenvalue weighted by atomic mass is 10.1. The van der Waals surface area contributed by atoms with Crippen molar-refractivity contribution in [3.05, 3.63) is 45.9 Å². The molecule has 0 atom stereocenters. The van der Waals surface area contributed by atoms with Gasteiger partial charge in [0, 0.05) is 10.9 Å². The molecule has 0 aromatic heterocycles. The molecule has 3 heteroatoms. The van der Waals surface area contributed by atoms with Gasteiger partial charge in [-0.1, -0.05) is 47.5 Å². The van der Waals surface area contributed by atoms with Gasteiger partial charge >= 0.3 is 0 Å². The van der Waals surface area contributed by atoms with Crippen LogP contribution in [0.2, 0.25) is 10.0 Å². The van der Waals surface area contributed by atoms with Crippen LogP contribution in [0.25, 0.3) is 10.8 Å². The minimum absolute atomic E-state index is 0.320. The molecule has 0 saturated heterocycles. The van der Waals surface area contributed by atoms with E-state index in [1.54, 1.807) is 6.07 Å². The van der Waals surface area contributed by atoms with Gasteiger partial charge in [0.15, 0.2) is 6.29 Å². The zero-order valence-corrected chi connectivity index (χ0v) is 8.64. The molecule has 0 saturated carbocycles. The van der Waals surface area contributed by atoms with Crippen molar-refractivity contribution in [2.45, 2.75) is 0 Å². The number of hydrogen-bond donors (Lipinski definition) is 0. The first-order valence-corrected chi connectivity index (χ1v) is 4.81. The van der Waals surface area contributed by atoms with Gasteiger partial charge in [0.1, 0.15) is 0 Å². The predicted octanol–water partition coefficient (Wildman–Crippen LogP) is 3.96. The molecule has 0 heterocycles. The average molecular weight is 225 g/mol. The van der Waals surface area contributed by atoms with Gasteiger partial charge in [-0.2, -0.15) is 0 Å². The number of carbonyl (C=O) groups excluding carboxylic acids is 1. The molecule has 14 heavy (non-hydrogen) atoms. The van der Waals surface area contributed by atoms with Gasteiger partial charge in [-0.05, 0) is 11.5 Å². The van der Waals surface area contributed by atoms with Crippen molar-refractivity contribution in [1.82, 2.24) is 0 Å². The lowest BCUT2D eigenvalue weighted by molar-refractivity contribution is 0.112. The maximum atomic E-state index is 10.7. The highest BCUT2D eigenvalue weighted by Crippen LogP contribution is 2.33. The van der Waals surface area contributed by atoms with Crippen LogP contribution in [0.5, 0.6) is 0 Å². The molecule has 0 spiro atoms. The summed E-state index contributed by atoms with van der Waals surface area (Å²) in [4.78, 5) is 10.7. The average Bonchev–Trinajstić information content (AvgIpc) is 2.23. The van der Waals surface area contributed by atoms with Crippen LogP contribution in [0.15, 0.2) is 30.3 Å². The Morgan fingerprint density at radius 3 is 2.50 bits per heavy atom. The fourth-order valence-corrected chi connectivity index (χ4v) is 1.87. The molecule has 2 aromatic rings. The van der Waals surface area contributed by atoms with E-state index < -0.39 is 0 Å². The third-order valence-electron chi connectivity index (χ3n) is 2.08. The Kier molecular flexibility index (Phi) is 2.44. The highest BCUT2D eigenvalue weighted by molar-refractivity contribution is 6.46. The molecule has 0 fully saturated rings. The zero-order chi connectivity index (χ0) is 10.1. The van der Waals surface area contributed by atoms with Gasteiger partial charge in [-0.25, -0.2) is 0 Å². The first-order valence-electron chi connectivity index (χ1n) is 4.06. The van der Waals surface area contributed by atoms with Crippen molar-refractivity contribution < 1.29 is 4.79 Å². The molecule has 0 aliphatic carbocycles. The van der Waals surface area contributed by atoms with Crippen LogP contribution in [0, 0.1) is 0 Å². The van der Waals surface area contributed by atoms with Gasteiger partial charge in [0.05, 0.1) is 10.0 Å². The second-order valence-corrected chi connectivity index (χ2v) is 3.69. The standard InChI is InChI=1S/C11H6Cl2O/c12-10-8(6-14)5-7-3-1-2-4-9(7)11(10)13/h1-6H. The quantitative estimate of drug-likeness (QED) is 0.671. The predicted molar refractivity (Wildman–Crippen MR) is 59.4 cm³/mol. The Hall–Kier alpha value is -1.05. The summed E-state index contributed by atoms with van der Waals surface area (Å²) in [5, 5.41) is 2.54. The molecule has 0 radical (unpaired) electrons. The molecule has 2 aromatic carbocycles. The largest absolute Gasteiger partial charge is 0.298 e. The number of hydrogen-bond acceptors (Lipinski definition) is 1. The number of carbonyl (C=O) groups is 1. The van der Waals surface area contributed by atoms with Crippen LogP contribution in [0.4, 0.5) is 0 Å². The Labute approximate surface area is 91.2 Å². The number of aldehydes is 1. The Balaban J connectivity index is 2.91. The van der Waals surface area contributed by atoms with Crippen LogP contribution in [0.3, 0.4) is 0 Å². The molecule has 0 unspecified atom stereocenters. The van der Waals surface area contributed by atoms with E-state index in [1.807, 2.05) is 24.3 Å². The maximum Gasteiger partial charge on any atom is 0.151 e. The number of rotatable bonds is 1. The van der Waals surface area contributed by atoms with Crippen LogP contribution in [0.1, 0.15) is 10.4 Å². The van der Waals surface area contributed by atoms with Crippen molar-refractivity contribution >= 4 is 40.3 Å². The summed E-state index contributed by atoms with van der Waals surface area (Å²) in [5.41, 5.74) is 0.426. The molecular formula is C11H6Cl2O. The highest BCUT2D eigenvalue weighted by Gasteiger charge is 2.08. The molecule has 0 bridgehead atoms. The lowest BCUT2D eigenvalue weighted by Gasteiger charge is -2.04. The van der Waals surface area contributed by atoms with E-state index in [0.29, 0.717) is 21.9 Å². The Morgan fingerprint density at radius 2 is 1.79 bits per heavy atom. The van der Waals surface area contributed by atoms with Crippen LogP contribution in [-0.4, -0.2) is 6.29 Å². The molecular weight excluding hydrogens is 219 g/mol. The van der Waals surface area contributed by atoms with Gasteiger partial charge in [0.2, 0.25) is 0 Å². The Morgan fingerprint density at radius 1 is 1.07 bits per heavy atom. The molecule has 1 nitrogen and oxygen atoms in total. The topological polar surface area (TPSA) is 17.1 Å². The molecule has 70 valence electrons. The van der Waals surface area contributed by atoms with E-state index >= 15 is 0 Å². The summed E-state index contributed by atoms with van der Waals surface area (Å²) >= 11 is 11.9. The van der Waals surface area contributed by atoms with Gasteiger partial charge in [-0.15, -0.1) is 0 Å².